The summed E-state index contributed by atoms with van der Waals surface area (Å²) < 4.78 is 0. The maximum atomic E-state index is 10.1. The Bertz CT molecular complexity index is 264. The van der Waals surface area contributed by atoms with E-state index in [0.29, 0.717) is 0 Å². The van der Waals surface area contributed by atoms with Gasteiger partial charge in [-0.05, 0) is 12.5 Å². The van der Waals surface area contributed by atoms with Crippen LogP contribution in [0.25, 0.3) is 0 Å². The van der Waals surface area contributed by atoms with Crippen LogP contribution >= 0.6 is 0 Å². The SMILES string of the molecule is CC(O)(c1ccccc1)N1CC1. The Morgan fingerprint density at radius 3 is 2.33 bits per heavy atom. The van der Waals surface area contributed by atoms with E-state index in [4.69, 9.17) is 0 Å². The maximum Gasteiger partial charge on any atom is 0.141 e. The van der Waals surface area contributed by atoms with E-state index >= 15 is 0 Å². The van der Waals surface area contributed by atoms with Crippen molar-refractivity contribution in [2.45, 2.75) is 12.6 Å². The Labute approximate surface area is 72.4 Å². The molecule has 12 heavy (non-hydrogen) atoms. The molecule has 1 N–H and O–H groups in total. The van der Waals surface area contributed by atoms with Crippen LogP contribution in [0, 0.1) is 0 Å². The normalized spacial score (nSPS) is 21.8. The molecule has 0 aliphatic carbocycles. The maximum absolute atomic E-state index is 10.1. The highest BCUT2D eigenvalue weighted by Gasteiger charge is 2.37. The highest BCUT2D eigenvalue weighted by Crippen LogP contribution is 2.29. The second kappa shape index (κ2) is 2.57. The molecule has 2 rings (SSSR count). The second-order valence-electron chi connectivity index (χ2n) is 3.37. The van der Waals surface area contributed by atoms with Crippen molar-refractivity contribution in [3.05, 3.63) is 35.9 Å². The van der Waals surface area contributed by atoms with Crippen molar-refractivity contribution in [3.8, 4) is 0 Å². The van der Waals surface area contributed by atoms with Gasteiger partial charge in [0.05, 0.1) is 0 Å². The Balaban J connectivity index is 2.28. The molecule has 1 aliphatic heterocycles. The highest BCUT2D eigenvalue weighted by atomic mass is 16.3. The summed E-state index contributed by atoms with van der Waals surface area (Å²) in [4.78, 5) is 2.03. The minimum absolute atomic E-state index is 0.763. The summed E-state index contributed by atoms with van der Waals surface area (Å²) in [6, 6.07) is 9.78. The number of aliphatic hydroxyl groups is 1. The zero-order valence-corrected chi connectivity index (χ0v) is 7.20. The van der Waals surface area contributed by atoms with Crippen molar-refractivity contribution in [1.82, 2.24) is 4.90 Å². The summed E-state index contributed by atoms with van der Waals surface area (Å²) in [6.45, 7) is 3.85. The van der Waals surface area contributed by atoms with Crippen molar-refractivity contribution in [3.63, 3.8) is 0 Å². The van der Waals surface area contributed by atoms with Gasteiger partial charge in [-0.15, -0.1) is 0 Å². The van der Waals surface area contributed by atoms with E-state index in [2.05, 4.69) is 0 Å². The van der Waals surface area contributed by atoms with Gasteiger partial charge in [0, 0.05) is 13.1 Å². The Kier molecular flexibility index (Phi) is 1.67. The summed E-state index contributed by atoms with van der Waals surface area (Å²) in [5.41, 5.74) is 0.212. The van der Waals surface area contributed by atoms with E-state index in [1.165, 1.54) is 0 Å². The lowest BCUT2D eigenvalue weighted by Gasteiger charge is -2.24. The molecule has 2 heteroatoms. The molecule has 1 saturated heterocycles. The van der Waals surface area contributed by atoms with E-state index in [1.54, 1.807) is 0 Å². The van der Waals surface area contributed by atoms with Gasteiger partial charge < -0.3 is 5.11 Å². The van der Waals surface area contributed by atoms with Crippen LogP contribution in [-0.4, -0.2) is 23.1 Å². The van der Waals surface area contributed by atoms with Crippen LogP contribution in [0.3, 0.4) is 0 Å². The van der Waals surface area contributed by atoms with Crippen molar-refractivity contribution >= 4 is 0 Å². The van der Waals surface area contributed by atoms with Crippen molar-refractivity contribution in [2.24, 2.45) is 0 Å². The first kappa shape index (κ1) is 7.77. The third-order valence-corrected chi connectivity index (χ3v) is 2.38. The van der Waals surface area contributed by atoms with Crippen LogP contribution in [0.2, 0.25) is 0 Å². The predicted octanol–water partition coefficient (Wildman–Crippen LogP) is 1.17. The van der Waals surface area contributed by atoms with Crippen LogP contribution in [-0.2, 0) is 5.72 Å². The van der Waals surface area contributed by atoms with Gasteiger partial charge in [0.2, 0.25) is 0 Å². The van der Waals surface area contributed by atoms with E-state index in [0.717, 1.165) is 18.7 Å². The third-order valence-electron chi connectivity index (χ3n) is 2.38. The summed E-state index contributed by atoms with van der Waals surface area (Å²) in [5, 5.41) is 10.1. The van der Waals surface area contributed by atoms with Gasteiger partial charge in [-0.3, -0.25) is 4.90 Å². The number of nitrogens with zero attached hydrogens (tertiary/aromatic N) is 1. The van der Waals surface area contributed by atoms with Gasteiger partial charge in [0.15, 0.2) is 0 Å². The molecule has 1 fully saturated rings. The highest BCUT2D eigenvalue weighted by molar-refractivity contribution is 5.21. The van der Waals surface area contributed by atoms with E-state index < -0.39 is 5.72 Å². The largest absolute Gasteiger partial charge is 0.372 e. The Hall–Kier alpha value is -0.860. The van der Waals surface area contributed by atoms with Gasteiger partial charge >= 0.3 is 0 Å². The van der Waals surface area contributed by atoms with Crippen LogP contribution in [0.4, 0.5) is 0 Å². The van der Waals surface area contributed by atoms with Crippen LogP contribution in [0.15, 0.2) is 30.3 Å². The fourth-order valence-electron chi connectivity index (χ4n) is 1.42. The molecule has 1 atom stereocenters. The minimum atomic E-state index is -0.763. The number of rotatable bonds is 2. The molecule has 1 aromatic rings. The predicted molar refractivity (Wildman–Crippen MR) is 47.6 cm³/mol. The average molecular weight is 163 g/mol. The molecule has 2 nitrogen and oxygen atoms in total. The molecule has 1 aromatic carbocycles. The lowest BCUT2D eigenvalue weighted by Crippen LogP contribution is -2.30. The van der Waals surface area contributed by atoms with Crippen LogP contribution < -0.4 is 0 Å². The van der Waals surface area contributed by atoms with Gasteiger partial charge in [-0.2, -0.15) is 0 Å². The van der Waals surface area contributed by atoms with E-state index in [-0.39, 0.29) is 0 Å². The number of hydrogen-bond acceptors (Lipinski definition) is 2. The van der Waals surface area contributed by atoms with Gasteiger partial charge in [0.1, 0.15) is 5.72 Å². The Morgan fingerprint density at radius 1 is 1.25 bits per heavy atom. The topological polar surface area (TPSA) is 23.2 Å². The number of hydrogen-bond donors (Lipinski definition) is 1. The van der Waals surface area contributed by atoms with Crippen LogP contribution in [0.5, 0.6) is 0 Å². The summed E-state index contributed by atoms with van der Waals surface area (Å²) in [5.74, 6) is 0. The van der Waals surface area contributed by atoms with Crippen molar-refractivity contribution < 1.29 is 5.11 Å². The fraction of sp³-hybridized carbons (Fsp3) is 0.400. The standard InChI is InChI=1S/C10H13NO/c1-10(12,11-7-8-11)9-5-3-2-4-6-9/h2-6,12H,7-8H2,1H3. The molecule has 64 valence electrons. The lowest BCUT2D eigenvalue weighted by molar-refractivity contribution is -0.0371. The quantitative estimate of drug-likeness (QED) is 0.661. The monoisotopic (exact) mass is 163 g/mol. The molecule has 1 aliphatic rings. The number of benzene rings is 1. The zero-order valence-electron chi connectivity index (χ0n) is 7.20. The molecule has 1 heterocycles. The van der Waals surface area contributed by atoms with Gasteiger partial charge in [-0.25, -0.2) is 0 Å². The molecular weight excluding hydrogens is 150 g/mol. The molecule has 0 saturated carbocycles. The summed E-state index contributed by atoms with van der Waals surface area (Å²) in [7, 11) is 0. The summed E-state index contributed by atoms with van der Waals surface area (Å²) >= 11 is 0. The Morgan fingerprint density at radius 2 is 1.83 bits per heavy atom. The second-order valence-corrected chi connectivity index (χ2v) is 3.37. The zero-order chi connectivity index (χ0) is 8.60. The lowest BCUT2D eigenvalue weighted by atomic mass is 10.1. The first-order chi connectivity index (χ1) is 5.71. The molecular formula is C10H13NO. The van der Waals surface area contributed by atoms with Gasteiger partial charge in [0.25, 0.3) is 0 Å². The first-order valence-electron chi connectivity index (χ1n) is 4.24. The van der Waals surface area contributed by atoms with E-state index in [9.17, 15) is 5.11 Å². The van der Waals surface area contributed by atoms with Crippen LogP contribution in [0.1, 0.15) is 12.5 Å². The first-order valence-corrected chi connectivity index (χ1v) is 4.24. The van der Waals surface area contributed by atoms with Crippen molar-refractivity contribution in [2.75, 3.05) is 13.1 Å². The molecule has 0 aromatic heterocycles. The molecule has 1 unspecified atom stereocenters. The van der Waals surface area contributed by atoms with E-state index in [1.807, 2.05) is 42.2 Å². The molecule has 0 radical (unpaired) electrons. The fourth-order valence-corrected chi connectivity index (χ4v) is 1.42. The average Bonchev–Trinajstić information content (AvgIpc) is 2.88. The smallest absolute Gasteiger partial charge is 0.141 e. The van der Waals surface area contributed by atoms with Gasteiger partial charge in [-0.1, -0.05) is 30.3 Å². The van der Waals surface area contributed by atoms with Crippen molar-refractivity contribution in [1.29, 1.82) is 0 Å². The molecule has 0 bridgehead atoms. The molecule has 0 spiro atoms. The third kappa shape index (κ3) is 1.24. The minimum Gasteiger partial charge on any atom is -0.372 e. The summed E-state index contributed by atoms with van der Waals surface area (Å²) in [6.07, 6.45) is 0. The molecule has 0 amide bonds.